The van der Waals surface area contributed by atoms with Gasteiger partial charge in [-0.1, -0.05) is 6.58 Å². The van der Waals surface area contributed by atoms with E-state index in [1.807, 2.05) is 0 Å². The summed E-state index contributed by atoms with van der Waals surface area (Å²) in [7, 11) is 0. The van der Waals surface area contributed by atoms with Gasteiger partial charge in [0.1, 0.15) is 17.1 Å². The van der Waals surface area contributed by atoms with Gasteiger partial charge in [-0.25, -0.2) is 4.79 Å². The van der Waals surface area contributed by atoms with Gasteiger partial charge >= 0.3 is 6.09 Å². The molecule has 0 aromatic heterocycles. The lowest BCUT2D eigenvalue weighted by atomic mass is 9.81. The molecule has 1 saturated heterocycles. The van der Waals surface area contributed by atoms with E-state index in [2.05, 4.69) is 6.58 Å². The average molecular weight is 319 g/mol. The topological polar surface area (TPSA) is 79.2 Å². The number of hydrogen-bond acceptors (Lipinski definition) is 5. The summed E-state index contributed by atoms with van der Waals surface area (Å²) in [5, 5.41) is 19.9. The van der Waals surface area contributed by atoms with Gasteiger partial charge in [-0.3, -0.25) is 0 Å². The van der Waals surface area contributed by atoms with Crippen LogP contribution in [0.5, 0.6) is 11.5 Å². The molecule has 23 heavy (non-hydrogen) atoms. The number of carbonyl (C=O) groups excluding carboxylic acids is 1. The lowest BCUT2D eigenvalue weighted by Gasteiger charge is -2.45. The normalized spacial score (nSPS) is 22.2. The number of likely N-dealkylation sites (tertiary alicyclic amines) is 1. The predicted octanol–water partition coefficient (Wildman–Crippen LogP) is 2.71. The number of phenols is 1. The summed E-state index contributed by atoms with van der Waals surface area (Å²) >= 11 is 0. The lowest BCUT2D eigenvalue weighted by molar-refractivity contribution is -0.0509. The van der Waals surface area contributed by atoms with Crippen molar-refractivity contribution in [2.75, 3.05) is 13.1 Å². The van der Waals surface area contributed by atoms with Crippen LogP contribution < -0.4 is 4.74 Å². The summed E-state index contributed by atoms with van der Waals surface area (Å²) in [6.45, 7) is 6.22. The molecule has 0 saturated carbocycles. The molecule has 2 heterocycles. The highest BCUT2D eigenvalue weighted by atomic mass is 16.6. The van der Waals surface area contributed by atoms with Crippen LogP contribution in [0.1, 0.15) is 37.9 Å². The number of amides is 1. The van der Waals surface area contributed by atoms with Crippen LogP contribution in [0.15, 0.2) is 30.5 Å². The number of aromatic hydroxyl groups is 1. The largest absolute Gasteiger partial charge is 0.508 e. The zero-order valence-corrected chi connectivity index (χ0v) is 13.1. The fourth-order valence-electron chi connectivity index (χ4n) is 3.24. The number of fused-ring (bicyclic) bond motifs is 1. The number of rotatable bonds is 1. The van der Waals surface area contributed by atoms with Crippen LogP contribution in [-0.4, -0.2) is 39.9 Å². The molecule has 1 fully saturated rings. The van der Waals surface area contributed by atoms with E-state index in [-0.39, 0.29) is 5.75 Å². The van der Waals surface area contributed by atoms with E-state index in [0.29, 0.717) is 49.4 Å². The van der Waals surface area contributed by atoms with Crippen LogP contribution in [0.3, 0.4) is 0 Å². The molecule has 3 rings (SSSR count). The molecule has 0 bridgehead atoms. The highest BCUT2D eigenvalue weighted by molar-refractivity contribution is 5.68. The minimum Gasteiger partial charge on any atom is -0.508 e. The number of hydrogen-bond donors (Lipinski definition) is 2. The summed E-state index contributed by atoms with van der Waals surface area (Å²) in [5.41, 5.74) is 0.128. The summed E-state index contributed by atoms with van der Waals surface area (Å²) in [5.74, 6) is 1.08. The molecule has 0 aliphatic carbocycles. The number of carbonyl (C=O) groups is 1. The number of allylic oxidation sites excluding steroid dienone is 1. The van der Waals surface area contributed by atoms with Crippen molar-refractivity contribution in [1.82, 2.24) is 4.90 Å². The molecule has 1 unspecified atom stereocenters. The second-order valence-electron chi connectivity index (χ2n) is 6.28. The van der Waals surface area contributed by atoms with Gasteiger partial charge in [0, 0.05) is 37.9 Å². The first-order valence-corrected chi connectivity index (χ1v) is 7.71. The molecule has 6 heteroatoms. The molecule has 124 valence electrons. The minimum atomic E-state index is -0.681. The molecule has 1 aromatic carbocycles. The summed E-state index contributed by atoms with van der Waals surface area (Å²) < 4.78 is 11.2. The smallest absolute Gasteiger partial charge is 0.414 e. The molecule has 0 radical (unpaired) electrons. The number of aliphatic hydroxyl groups excluding tert-OH is 1. The van der Waals surface area contributed by atoms with Gasteiger partial charge in [-0.05, 0) is 25.1 Å². The van der Waals surface area contributed by atoms with Gasteiger partial charge in [0.15, 0.2) is 0 Å². The summed E-state index contributed by atoms with van der Waals surface area (Å²) in [4.78, 5) is 13.5. The maximum atomic E-state index is 11.9. The van der Waals surface area contributed by atoms with E-state index < -0.39 is 17.8 Å². The van der Waals surface area contributed by atoms with Crippen LogP contribution in [0.25, 0.3) is 0 Å². The summed E-state index contributed by atoms with van der Waals surface area (Å²) in [6, 6.07) is 4.76. The van der Waals surface area contributed by atoms with E-state index in [0.717, 1.165) is 0 Å². The first-order valence-electron chi connectivity index (χ1n) is 7.71. The third-order valence-electron chi connectivity index (χ3n) is 4.44. The van der Waals surface area contributed by atoms with Crippen molar-refractivity contribution < 1.29 is 24.5 Å². The molecule has 1 aromatic rings. The van der Waals surface area contributed by atoms with Gasteiger partial charge in [-0.2, -0.15) is 0 Å². The number of benzene rings is 1. The van der Waals surface area contributed by atoms with Crippen LogP contribution >= 0.6 is 0 Å². The fraction of sp³-hybridized carbons (Fsp3) is 0.471. The lowest BCUT2D eigenvalue weighted by Crippen LogP contribution is -2.51. The van der Waals surface area contributed by atoms with Crippen molar-refractivity contribution in [3.8, 4) is 11.5 Å². The van der Waals surface area contributed by atoms with Gasteiger partial charge < -0.3 is 24.6 Å². The Balaban J connectivity index is 1.70. The van der Waals surface area contributed by atoms with Gasteiger partial charge in [-0.15, -0.1) is 0 Å². The van der Waals surface area contributed by atoms with Gasteiger partial charge in [0.25, 0.3) is 0 Å². The number of ether oxygens (including phenoxy) is 2. The first-order chi connectivity index (χ1) is 10.9. The molecule has 2 N–H and O–H groups in total. The van der Waals surface area contributed by atoms with Crippen LogP contribution in [0, 0.1) is 0 Å². The van der Waals surface area contributed by atoms with Crippen LogP contribution in [-0.2, 0) is 4.74 Å². The van der Waals surface area contributed by atoms with E-state index in [1.165, 1.54) is 6.07 Å². The first kappa shape index (κ1) is 15.7. The molecular weight excluding hydrogens is 298 g/mol. The standard InChI is InChI=1S/C17H21NO5/c1-11(2)22-16(21)18-7-5-17(6-8-18)10-14(20)13-9-12(19)3-4-15(13)23-17/h3-4,9,14,19-20H,1,5-8,10H2,2H3. The Kier molecular flexibility index (Phi) is 3.93. The van der Waals surface area contributed by atoms with E-state index >= 15 is 0 Å². The fourth-order valence-corrected chi connectivity index (χ4v) is 3.24. The van der Waals surface area contributed by atoms with E-state index in [1.54, 1.807) is 24.0 Å². The Morgan fingerprint density at radius 2 is 2.13 bits per heavy atom. The Bertz CT molecular complexity index is 634. The maximum absolute atomic E-state index is 11.9. The number of aliphatic hydroxyl groups is 1. The number of phenolic OH excluding ortho intramolecular Hbond substituents is 1. The summed E-state index contributed by atoms with van der Waals surface area (Å²) in [6.07, 6.45) is 0.617. The second-order valence-corrected chi connectivity index (χ2v) is 6.28. The quantitative estimate of drug-likeness (QED) is 0.778. The highest BCUT2D eigenvalue weighted by Crippen LogP contribution is 2.45. The molecule has 1 amide bonds. The van der Waals surface area contributed by atoms with E-state index in [9.17, 15) is 15.0 Å². The predicted molar refractivity (Wildman–Crippen MR) is 83.1 cm³/mol. The Hall–Kier alpha value is -2.21. The average Bonchev–Trinajstić information content (AvgIpc) is 2.48. The van der Waals surface area contributed by atoms with Crippen LogP contribution in [0.4, 0.5) is 4.79 Å². The van der Waals surface area contributed by atoms with Gasteiger partial charge in [0.05, 0.1) is 11.9 Å². The Morgan fingerprint density at radius 1 is 1.43 bits per heavy atom. The van der Waals surface area contributed by atoms with Crippen molar-refractivity contribution in [2.24, 2.45) is 0 Å². The molecule has 1 spiro atoms. The van der Waals surface area contributed by atoms with Gasteiger partial charge in [0.2, 0.25) is 0 Å². The van der Waals surface area contributed by atoms with Crippen LogP contribution in [0.2, 0.25) is 0 Å². The van der Waals surface area contributed by atoms with Crippen molar-refractivity contribution in [3.05, 3.63) is 36.1 Å². The highest BCUT2D eigenvalue weighted by Gasteiger charge is 2.44. The van der Waals surface area contributed by atoms with Crippen molar-refractivity contribution in [1.29, 1.82) is 0 Å². The van der Waals surface area contributed by atoms with Crippen molar-refractivity contribution >= 4 is 6.09 Å². The molecule has 1 atom stereocenters. The Labute approximate surface area is 134 Å². The number of piperidine rings is 1. The SMILES string of the molecule is C=C(C)OC(=O)N1CCC2(CC1)CC(O)c1cc(O)ccc1O2. The molecule has 2 aliphatic rings. The third-order valence-corrected chi connectivity index (χ3v) is 4.44. The number of nitrogens with zero attached hydrogens (tertiary/aromatic N) is 1. The monoisotopic (exact) mass is 319 g/mol. The zero-order valence-electron chi connectivity index (χ0n) is 13.1. The third kappa shape index (κ3) is 3.12. The van der Waals surface area contributed by atoms with E-state index in [4.69, 9.17) is 9.47 Å². The maximum Gasteiger partial charge on any atom is 0.414 e. The van der Waals surface area contributed by atoms with Crippen molar-refractivity contribution in [2.45, 2.75) is 37.9 Å². The molecule has 6 nitrogen and oxygen atoms in total. The zero-order chi connectivity index (χ0) is 16.6. The van der Waals surface area contributed by atoms with Crippen molar-refractivity contribution in [3.63, 3.8) is 0 Å². The molecular formula is C17H21NO5. The Morgan fingerprint density at radius 3 is 2.78 bits per heavy atom. The molecule has 2 aliphatic heterocycles. The minimum absolute atomic E-state index is 0.111. The second kappa shape index (κ2) is 5.77.